The molecule has 0 spiro atoms. The summed E-state index contributed by atoms with van der Waals surface area (Å²) in [5.41, 5.74) is 0.867. The number of carbonyl (C=O) groups excluding carboxylic acids is 1. The maximum Gasteiger partial charge on any atom is 0.158 e. The standard InChI is InChI=1S/C12H20O2/c1-12(2,14-3)9-8-11(13)10-6-4-5-7-10/h6H,4-5,7-9H2,1-3H3. The molecule has 0 N–H and O–H groups in total. The number of methoxy groups -OCH3 is 1. The van der Waals surface area contributed by atoms with E-state index in [0.717, 1.165) is 31.3 Å². The molecular formula is C12H20O2. The molecule has 2 nitrogen and oxygen atoms in total. The normalized spacial score (nSPS) is 16.9. The van der Waals surface area contributed by atoms with Crippen molar-refractivity contribution in [2.45, 2.75) is 51.6 Å². The van der Waals surface area contributed by atoms with E-state index < -0.39 is 0 Å². The molecule has 1 aliphatic rings. The summed E-state index contributed by atoms with van der Waals surface area (Å²) >= 11 is 0. The van der Waals surface area contributed by atoms with Crippen LogP contribution in [0.4, 0.5) is 0 Å². The fourth-order valence-electron chi connectivity index (χ4n) is 1.60. The van der Waals surface area contributed by atoms with Gasteiger partial charge in [0.25, 0.3) is 0 Å². The number of ether oxygens (including phenoxy) is 1. The predicted octanol–water partition coefficient (Wildman–Crippen LogP) is 2.87. The fourth-order valence-corrected chi connectivity index (χ4v) is 1.60. The first-order valence-corrected chi connectivity index (χ1v) is 5.32. The topological polar surface area (TPSA) is 26.3 Å². The zero-order chi connectivity index (χ0) is 10.6. The van der Waals surface area contributed by atoms with Crippen molar-refractivity contribution >= 4 is 5.78 Å². The lowest BCUT2D eigenvalue weighted by Gasteiger charge is -2.22. The Bertz CT molecular complexity index is 239. The van der Waals surface area contributed by atoms with Crippen molar-refractivity contribution in [3.63, 3.8) is 0 Å². The molecule has 0 radical (unpaired) electrons. The van der Waals surface area contributed by atoms with Gasteiger partial charge in [-0.1, -0.05) is 6.08 Å². The molecule has 0 saturated carbocycles. The van der Waals surface area contributed by atoms with Crippen LogP contribution in [0, 0.1) is 0 Å². The highest BCUT2D eigenvalue weighted by Crippen LogP contribution is 2.22. The van der Waals surface area contributed by atoms with Gasteiger partial charge in [0.1, 0.15) is 0 Å². The molecule has 0 bridgehead atoms. The molecule has 0 aromatic heterocycles. The van der Waals surface area contributed by atoms with Crippen LogP contribution >= 0.6 is 0 Å². The largest absolute Gasteiger partial charge is 0.379 e. The van der Waals surface area contributed by atoms with Gasteiger partial charge in [-0.2, -0.15) is 0 Å². The number of Topliss-reactive ketones (excluding diaryl/α,β-unsaturated/α-hetero) is 1. The van der Waals surface area contributed by atoms with Gasteiger partial charge in [0.2, 0.25) is 0 Å². The molecule has 0 atom stereocenters. The third-order valence-corrected chi connectivity index (χ3v) is 2.91. The third-order valence-electron chi connectivity index (χ3n) is 2.91. The van der Waals surface area contributed by atoms with E-state index in [9.17, 15) is 4.79 Å². The number of ketones is 1. The van der Waals surface area contributed by atoms with Crippen molar-refractivity contribution in [2.24, 2.45) is 0 Å². The second kappa shape index (κ2) is 4.74. The summed E-state index contributed by atoms with van der Waals surface area (Å²) in [6, 6.07) is 0. The van der Waals surface area contributed by atoms with Crippen molar-refractivity contribution in [3.05, 3.63) is 11.6 Å². The van der Waals surface area contributed by atoms with Crippen molar-refractivity contribution < 1.29 is 9.53 Å². The van der Waals surface area contributed by atoms with Crippen LogP contribution in [-0.4, -0.2) is 18.5 Å². The summed E-state index contributed by atoms with van der Waals surface area (Å²) in [6.07, 6.45) is 6.71. The fraction of sp³-hybridized carbons (Fsp3) is 0.750. The van der Waals surface area contributed by atoms with Gasteiger partial charge in [-0.25, -0.2) is 0 Å². The van der Waals surface area contributed by atoms with Gasteiger partial charge in [0.05, 0.1) is 5.60 Å². The molecule has 0 fully saturated rings. The lowest BCUT2D eigenvalue weighted by molar-refractivity contribution is -0.117. The zero-order valence-corrected chi connectivity index (χ0v) is 9.43. The molecule has 0 heterocycles. The Labute approximate surface area is 86.3 Å². The average Bonchev–Trinajstić information content (AvgIpc) is 2.67. The van der Waals surface area contributed by atoms with E-state index in [1.807, 2.05) is 13.8 Å². The quantitative estimate of drug-likeness (QED) is 0.676. The summed E-state index contributed by atoms with van der Waals surface area (Å²) in [5, 5.41) is 0. The van der Waals surface area contributed by atoms with Gasteiger partial charge in [0, 0.05) is 13.5 Å². The van der Waals surface area contributed by atoms with Gasteiger partial charge in [-0.3, -0.25) is 4.79 Å². The molecule has 80 valence electrons. The van der Waals surface area contributed by atoms with E-state index in [-0.39, 0.29) is 5.60 Å². The molecule has 1 aliphatic carbocycles. The van der Waals surface area contributed by atoms with E-state index in [1.54, 1.807) is 7.11 Å². The third kappa shape index (κ3) is 3.26. The number of hydrogen-bond donors (Lipinski definition) is 0. The molecule has 0 saturated heterocycles. The molecule has 0 aromatic carbocycles. The summed E-state index contributed by atoms with van der Waals surface area (Å²) in [7, 11) is 1.69. The number of allylic oxidation sites excluding steroid dienone is 2. The summed E-state index contributed by atoms with van der Waals surface area (Å²) < 4.78 is 5.28. The maximum atomic E-state index is 11.7. The smallest absolute Gasteiger partial charge is 0.158 e. The van der Waals surface area contributed by atoms with Crippen LogP contribution in [0.15, 0.2) is 11.6 Å². The number of hydrogen-bond acceptors (Lipinski definition) is 2. The van der Waals surface area contributed by atoms with Crippen LogP contribution < -0.4 is 0 Å². The van der Waals surface area contributed by atoms with Crippen LogP contribution in [-0.2, 0) is 9.53 Å². The minimum atomic E-state index is -0.172. The van der Waals surface area contributed by atoms with Crippen LogP contribution in [0.2, 0.25) is 0 Å². The number of rotatable bonds is 5. The predicted molar refractivity (Wildman–Crippen MR) is 57.3 cm³/mol. The molecule has 2 heteroatoms. The monoisotopic (exact) mass is 196 g/mol. The van der Waals surface area contributed by atoms with Gasteiger partial charge >= 0.3 is 0 Å². The highest BCUT2D eigenvalue weighted by Gasteiger charge is 2.20. The van der Waals surface area contributed by atoms with Gasteiger partial charge in [-0.15, -0.1) is 0 Å². The highest BCUT2D eigenvalue weighted by atomic mass is 16.5. The van der Waals surface area contributed by atoms with Crippen molar-refractivity contribution in [1.82, 2.24) is 0 Å². The van der Waals surface area contributed by atoms with Crippen molar-refractivity contribution in [2.75, 3.05) is 7.11 Å². The lowest BCUT2D eigenvalue weighted by atomic mass is 9.97. The highest BCUT2D eigenvalue weighted by molar-refractivity contribution is 5.95. The summed E-state index contributed by atoms with van der Waals surface area (Å²) in [4.78, 5) is 11.7. The second-order valence-corrected chi connectivity index (χ2v) is 4.51. The Morgan fingerprint density at radius 2 is 2.29 bits per heavy atom. The van der Waals surface area contributed by atoms with E-state index in [0.29, 0.717) is 12.2 Å². The van der Waals surface area contributed by atoms with Crippen molar-refractivity contribution in [1.29, 1.82) is 0 Å². The lowest BCUT2D eigenvalue weighted by Crippen LogP contribution is -2.23. The second-order valence-electron chi connectivity index (χ2n) is 4.51. The van der Waals surface area contributed by atoms with E-state index >= 15 is 0 Å². The van der Waals surface area contributed by atoms with Gasteiger partial charge in [0.15, 0.2) is 5.78 Å². The SMILES string of the molecule is COC(C)(C)CCC(=O)C1=CCCC1. The molecule has 0 aliphatic heterocycles. The first-order valence-electron chi connectivity index (χ1n) is 5.32. The molecule has 0 unspecified atom stereocenters. The van der Waals surface area contributed by atoms with Crippen LogP contribution in [0.5, 0.6) is 0 Å². The van der Waals surface area contributed by atoms with E-state index in [4.69, 9.17) is 4.74 Å². The summed E-state index contributed by atoms with van der Waals surface area (Å²) in [5.74, 6) is 0.313. The van der Waals surface area contributed by atoms with Gasteiger partial charge < -0.3 is 4.74 Å². The Hall–Kier alpha value is -0.630. The first kappa shape index (κ1) is 11.4. The van der Waals surface area contributed by atoms with E-state index in [1.165, 1.54) is 0 Å². The van der Waals surface area contributed by atoms with Gasteiger partial charge in [-0.05, 0) is 45.1 Å². The Morgan fingerprint density at radius 1 is 1.57 bits per heavy atom. The molecule has 0 amide bonds. The molecule has 0 aromatic rings. The Kier molecular flexibility index (Phi) is 3.87. The minimum absolute atomic E-state index is 0.172. The van der Waals surface area contributed by atoms with Crippen LogP contribution in [0.1, 0.15) is 46.0 Å². The van der Waals surface area contributed by atoms with Crippen LogP contribution in [0.3, 0.4) is 0 Å². The molecule has 1 rings (SSSR count). The maximum absolute atomic E-state index is 11.7. The molecule has 14 heavy (non-hydrogen) atoms. The van der Waals surface area contributed by atoms with Crippen molar-refractivity contribution in [3.8, 4) is 0 Å². The minimum Gasteiger partial charge on any atom is -0.379 e. The van der Waals surface area contributed by atoms with E-state index in [2.05, 4.69) is 6.08 Å². The Morgan fingerprint density at radius 3 is 2.79 bits per heavy atom. The molecular weight excluding hydrogens is 176 g/mol. The van der Waals surface area contributed by atoms with Crippen LogP contribution in [0.25, 0.3) is 0 Å². The zero-order valence-electron chi connectivity index (χ0n) is 9.43. The average molecular weight is 196 g/mol. The number of carbonyl (C=O) groups is 1. The first-order chi connectivity index (χ1) is 6.55. The summed E-state index contributed by atoms with van der Waals surface area (Å²) in [6.45, 7) is 4.03. The Balaban J connectivity index is 2.34.